The van der Waals surface area contributed by atoms with E-state index in [1.54, 1.807) is 16.7 Å². The second-order valence-corrected chi connectivity index (χ2v) is 5.09. The van der Waals surface area contributed by atoms with E-state index in [1.165, 1.54) is 0 Å². The van der Waals surface area contributed by atoms with Gasteiger partial charge in [-0.2, -0.15) is 0 Å². The number of halogens is 1. The van der Waals surface area contributed by atoms with E-state index in [1.807, 2.05) is 41.9 Å². The highest BCUT2D eigenvalue weighted by molar-refractivity contribution is 8.02. The highest BCUT2D eigenvalue weighted by atomic mass is 35.5. The monoisotopic (exact) mass is 299 g/mol. The number of thioether (sulfide) groups is 1. The molecule has 0 spiro atoms. The maximum Gasteiger partial charge on any atom is 0.322 e. The molecular weight excluding hydrogens is 282 g/mol. The number of carbonyl (C=O) groups excluding carboxylic acids is 1. The Morgan fingerprint density at radius 1 is 1.37 bits per heavy atom. The van der Waals surface area contributed by atoms with Crippen molar-refractivity contribution in [2.75, 3.05) is 6.54 Å². The molecule has 0 fully saturated rings. The molecule has 1 heterocycles. The Kier molecular flexibility index (Phi) is 6.77. The second-order valence-electron chi connectivity index (χ2n) is 4.00. The molecule has 0 aliphatic carbocycles. The van der Waals surface area contributed by atoms with Crippen molar-refractivity contribution in [1.82, 2.24) is 10.2 Å². The zero-order chi connectivity index (χ0) is 12.8. The van der Waals surface area contributed by atoms with Crippen molar-refractivity contribution in [2.24, 2.45) is 5.73 Å². The van der Waals surface area contributed by atoms with Crippen LogP contribution in [0, 0.1) is 0 Å². The standard InChI is InChI=1S/C13H17N3OS.ClH/c14-7-6-12-16(8-9-18-12)13(17)15-10-11-4-2-1-3-5-11;/h1-5,8-9,12H,6-7,10,14H2,(H,15,17);1H. The van der Waals surface area contributed by atoms with Crippen LogP contribution in [-0.4, -0.2) is 22.8 Å². The predicted octanol–water partition coefficient (Wildman–Crippen LogP) is 2.51. The van der Waals surface area contributed by atoms with Crippen LogP contribution in [0.1, 0.15) is 12.0 Å². The Hall–Kier alpha value is -1.17. The quantitative estimate of drug-likeness (QED) is 0.898. The highest BCUT2D eigenvalue weighted by Crippen LogP contribution is 2.27. The van der Waals surface area contributed by atoms with Gasteiger partial charge in [-0.05, 0) is 23.9 Å². The summed E-state index contributed by atoms with van der Waals surface area (Å²) in [7, 11) is 0. The van der Waals surface area contributed by atoms with Crippen LogP contribution in [0.25, 0.3) is 0 Å². The molecule has 1 atom stereocenters. The largest absolute Gasteiger partial charge is 0.334 e. The molecule has 2 rings (SSSR count). The summed E-state index contributed by atoms with van der Waals surface area (Å²) in [6.45, 7) is 1.13. The van der Waals surface area contributed by atoms with Gasteiger partial charge in [-0.25, -0.2) is 4.79 Å². The van der Waals surface area contributed by atoms with Crippen molar-refractivity contribution >= 4 is 30.2 Å². The Balaban J connectivity index is 0.00000180. The van der Waals surface area contributed by atoms with Crippen molar-refractivity contribution in [1.29, 1.82) is 0 Å². The fourth-order valence-electron chi connectivity index (χ4n) is 1.77. The summed E-state index contributed by atoms with van der Waals surface area (Å²) in [4.78, 5) is 13.7. The lowest BCUT2D eigenvalue weighted by molar-refractivity contribution is 0.212. The Morgan fingerprint density at radius 3 is 2.79 bits per heavy atom. The van der Waals surface area contributed by atoms with Crippen molar-refractivity contribution in [3.8, 4) is 0 Å². The minimum absolute atomic E-state index is 0. The number of rotatable bonds is 4. The molecule has 1 aliphatic rings. The van der Waals surface area contributed by atoms with Crippen LogP contribution in [0.4, 0.5) is 4.79 Å². The topological polar surface area (TPSA) is 58.4 Å². The van der Waals surface area contributed by atoms with Crippen LogP contribution in [0.3, 0.4) is 0 Å². The SMILES string of the molecule is Cl.NCCC1SC=CN1C(=O)NCc1ccccc1. The number of hydrogen-bond acceptors (Lipinski definition) is 3. The summed E-state index contributed by atoms with van der Waals surface area (Å²) in [5.74, 6) is 0. The van der Waals surface area contributed by atoms with Gasteiger partial charge in [0.25, 0.3) is 0 Å². The molecule has 4 nitrogen and oxygen atoms in total. The molecule has 19 heavy (non-hydrogen) atoms. The smallest absolute Gasteiger partial charge is 0.322 e. The maximum atomic E-state index is 12.0. The summed E-state index contributed by atoms with van der Waals surface area (Å²) in [6.07, 6.45) is 2.61. The third-order valence-corrected chi connectivity index (χ3v) is 3.76. The van der Waals surface area contributed by atoms with Gasteiger partial charge < -0.3 is 11.1 Å². The Bertz CT molecular complexity index is 427. The van der Waals surface area contributed by atoms with Crippen LogP contribution in [0.2, 0.25) is 0 Å². The predicted molar refractivity (Wildman–Crippen MR) is 82.0 cm³/mol. The molecule has 1 aliphatic heterocycles. The molecule has 1 aromatic rings. The molecular formula is C13H18ClN3OS. The van der Waals surface area contributed by atoms with Crippen LogP contribution in [0.5, 0.6) is 0 Å². The maximum absolute atomic E-state index is 12.0. The average molecular weight is 300 g/mol. The van der Waals surface area contributed by atoms with E-state index < -0.39 is 0 Å². The molecule has 1 unspecified atom stereocenters. The molecule has 6 heteroatoms. The lowest BCUT2D eigenvalue weighted by atomic mass is 10.2. The van der Waals surface area contributed by atoms with Gasteiger partial charge >= 0.3 is 6.03 Å². The van der Waals surface area contributed by atoms with E-state index in [4.69, 9.17) is 5.73 Å². The molecule has 0 aromatic heterocycles. The summed E-state index contributed by atoms with van der Waals surface area (Å²) in [5, 5.41) is 4.97. The number of nitrogens with one attached hydrogen (secondary N) is 1. The van der Waals surface area contributed by atoms with E-state index in [9.17, 15) is 4.79 Å². The first kappa shape index (κ1) is 15.9. The number of nitrogens with zero attached hydrogens (tertiary/aromatic N) is 1. The van der Waals surface area contributed by atoms with Crippen LogP contribution < -0.4 is 11.1 Å². The number of amides is 2. The van der Waals surface area contributed by atoms with Gasteiger partial charge in [-0.15, -0.1) is 24.2 Å². The van der Waals surface area contributed by atoms with Crippen LogP contribution in [0.15, 0.2) is 41.9 Å². The van der Waals surface area contributed by atoms with Gasteiger partial charge in [0.2, 0.25) is 0 Å². The van der Waals surface area contributed by atoms with Crippen molar-refractivity contribution < 1.29 is 4.79 Å². The fraction of sp³-hybridized carbons (Fsp3) is 0.308. The van der Waals surface area contributed by atoms with Gasteiger partial charge in [0.1, 0.15) is 0 Å². The fourth-order valence-corrected chi connectivity index (χ4v) is 2.72. The summed E-state index contributed by atoms with van der Waals surface area (Å²) >= 11 is 1.63. The van der Waals surface area contributed by atoms with E-state index >= 15 is 0 Å². The lowest BCUT2D eigenvalue weighted by Crippen LogP contribution is -2.40. The Labute approximate surface area is 123 Å². The van der Waals surface area contributed by atoms with E-state index in [0.717, 1.165) is 12.0 Å². The van der Waals surface area contributed by atoms with E-state index in [0.29, 0.717) is 13.1 Å². The molecule has 0 saturated carbocycles. The van der Waals surface area contributed by atoms with E-state index in [-0.39, 0.29) is 23.8 Å². The molecule has 104 valence electrons. The first-order chi connectivity index (χ1) is 8.81. The third kappa shape index (κ3) is 4.45. The molecule has 2 amide bonds. The number of nitrogens with two attached hydrogens (primary N) is 1. The zero-order valence-corrected chi connectivity index (χ0v) is 12.1. The van der Waals surface area contributed by atoms with Gasteiger partial charge in [0.05, 0.1) is 5.37 Å². The van der Waals surface area contributed by atoms with Crippen LogP contribution in [-0.2, 0) is 6.54 Å². The van der Waals surface area contributed by atoms with Gasteiger partial charge in [-0.3, -0.25) is 4.90 Å². The zero-order valence-electron chi connectivity index (χ0n) is 10.5. The number of hydrogen-bond donors (Lipinski definition) is 2. The van der Waals surface area contributed by atoms with Gasteiger partial charge in [-0.1, -0.05) is 30.3 Å². The van der Waals surface area contributed by atoms with Crippen molar-refractivity contribution in [3.63, 3.8) is 0 Å². The highest BCUT2D eigenvalue weighted by Gasteiger charge is 2.24. The summed E-state index contributed by atoms with van der Waals surface area (Å²) in [5.41, 5.74) is 6.63. The van der Waals surface area contributed by atoms with E-state index in [2.05, 4.69) is 5.32 Å². The molecule has 3 N–H and O–H groups in total. The second kappa shape index (κ2) is 8.09. The average Bonchev–Trinajstić information content (AvgIpc) is 2.86. The number of urea groups is 1. The molecule has 0 radical (unpaired) electrons. The van der Waals surface area contributed by atoms with Gasteiger partial charge in [0.15, 0.2) is 0 Å². The third-order valence-electron chi connectivity index (χ3n) is 2.70. The summed E-state index contributed by atoms with van der Waals surface area (Å²) in [6, 6.07) is 9.80. The normalized spacial score (nSPS) is 17.1. The molecule has 1 aromatic carbocycles. The number of benzene rings is 1. The minimum atomic E-state index is -0.0708. The summed E-state index contributed by atoms with van der Waals surface area (Å²) < 4.78 is 0. The lowest BCUT2D eigenvalue weighted by Gasteiger charge is -2.22. The van der Waals surface area contributed by atoms with Gasteiger partial charge in [0, 0.05) is 12.7 Å². The number of carbonyl (C=O) groups is 1. The molecule has 0 bridgehead atoms. The Morgan fingerprint density at radius 2 is 2.11 bits per heavy atom. The first-order valence-electron chi connectivity index (χ1n) is 5.93. The van der Waals surface area contributed by atoms with Crippen molar-refractivity contribution in [2.45, 2.75) is 18.3 Å². The first-order valence-corrected chi connectivity index (χ1v) is 6.88. The molecule has 0 saturated heterocycles. The minimum Gasteiger partial charge on any atom is -0.334 e. The van der Waals surface area contributed by atoms with Crippen molar-refractivity contribution in [3.05, 3.63) is 47.5 Å². The van der Waals surface area contributed by atoms with Crippen LogP contribution >= 0.6 is 24.2 Å².